The molecule has 11 atom stereocenters. The number of hydrogen-bond acceptors (Lipinski definition) is 13. The lowest BCUT2D eigenvalue weighted by Crippen LogP contribution is -2.63. The fraction of sp³-hybridized carbons (Fsp3) is 0.933. The molecule has 0 aromatic carbocycles. The van der Waals surface area contributed by atoms with Gasteiger partial charge in [0.1, 0.15) is 48.8 Å². The van der Waals surface area contributed by atoms with Crippen LogP contribution < -0.4 is 0 Å². The molecule has 2 heterocycles. The molecule has 0 amide bonds. The minimum absolute atomic E-state index is 0.719. The molecular weight excluding hydrogens is 404 g/mol. The van der Waals surface area contributed by atoms with E-state index in [1.54, 1.807) is 0 Å². The summed E-state index contributed by atoms with van der Waals surface area (Å²) in [6.07, 6.45) is -18.4. The average Bonchev–Trinajstić information content (AvgIpc) is 2.67. The van der Waals surface area contributed by atoms with Gasteiger partial charge in [0.15, 0.2) is 6.29 Å². The lowest BCUT2D eigenvalue weighted by Gasteiger charge is -2.43. The standard InChI is InChI=1S/C15H26O14/c16-2-6-9(21)10(22)11(23)13(28-6)27-3-5(18)8(20)12-7(19)4(17)1-15(26,29-12)14(24)25/h4-13,16-23,26H,1-3H2,(H,24,25)/t4-,5+,6+,7+,8+,9-,10-,11+,12+,13-,15-/m0/s1. The van der Waals surface area contributed by atoms with Crippen molar-refractivity contribution in [1.82, 2.24) is 0 Å². The van der Waals surface area contributed by atoms with Gasteiger partial charge < -0.3 is 65.3 Å². The van der Waals surface area contributed by atoms with Crippen molar-refractivity contribution in [3.8, 4) is 0 Å². The number of rotatable bonds is 7. The van der Waals surface area contributed by atoms with E-state index in [2.05, 4.69) is 0 Å². The molecule has 0 saturated carbocycles. The maximum atomic E-state index is 11.1. The maximum absolute atomic E-state index is 11.1. The maximum Gasteiger partial charge on any atom is 0.364 e. The molecule has 14 nitrogen and oxygen atoms in total. The Kier molecular flexibility index (Phi) is 7.88. The first kappa shape index (κ1) is 24.3. The van der Waals surface area contributed by atoms with Crippen molar-refractivity contribution in [2.45, 2.75) is 73.4 Å². The number of ether oxygens (including phenoxy) is 3. The molecule has 0 bridgehead atoms. The Labute approximate surface area is 163 Å². The van der Waals surface area contributed by atoms with Crippen LogP contribution in [0.3, 0.4) is 0 Å². The van der Waals surface area contributed by atoms with Gasteiger partial charge in [-0.05, 0) is 0 Å². The van der Waals surface area contributed by atoms with E-state index < -0.39 is 92.6 Å². The Hall–Kier alpha value is -1.01. The molecule has 2 aliphatic rings. The van der Waals surface area contributed by atoms with Crippen LogP contribution in [0.2, 0.25) is 0 Å². The molecule has 0 aromatic heterocycles. The van der Waals surface area contributed by atoms with Crippen molar-refractivity contribution in [2.24, 2.45) is 0 Å². The van der Waals surface area contributed by atoms with Gasteiger partial charge in [0.25, 0.3) is 5.79 Å². The molecule has 0 unspecified atom stereocenters. The van der Waals surface area contributed by atoms with Crippen LogP contribution in [0.25, 0.3) is 0 Å². The van der Waals surface area contributed by atoms with E-state index >= 15 is 0 Å². The highest BCUT2D eigenvalue weighted by Crippen LogP contribution is 2.30. The first-order valence-electron chi connectivity index (χ1n) is 8.71. The second kappa shape index (κ2) is 9.42. The van der Waals surface area contributed by atoms with Gasteiger partial charge in [-0.1, -0.05) is 0 Å². The molecule has 14 heteroatoms. The smallest absolute Gasteiger partial charge is 0.364 e. The monoisotopic (exact) mass is 430 g/mol. The lowest BCUT2D eigenvalue weighted by atomic mass is 9.91. The third-order valence-electron chi connectivity index (χ3n) is 4.89. The van der Waals surface area contributed by atoms with Gasteiger partial charge in [-0.15, -0.1) is 0 Å². The van der Waals surface area contributed by atoms with Crippen molar-refractivity contribution in [1.29, 1.82) is 0 Å². The summed E-state index contributed by atoms with van der Waals surface area (Å²) in [5, 5.41) is 97.1. The van der Waals surface area contributed by atoms with E-state index in [1.165, 1.54) is 0 Å². The molecule has 0 radical (unpaired) electrons. The fourth-order valence-corrected chi connectivity index (χ4v) is 3.09. The average molecular weight is 430 g/mol. The molecular formula is C15H26O14. The summed E-state index contributed by atoms with van der Waals surface area (Å²) in [5.41, 5.74) is 0. The minimum atomic E-state index is -2.91. The first-order chi connectivity index (χ1) is 13.4. The largest absolute Gasteiger partial charge is 0.477 e. The topological polar surface area (TPSA) is 247 Å². The summed E-state index contributed by atoms with van der Waals surface area (Å²) in [5.74, 6) is -4.80. The molecule has 2 fully saturated rings. The van der Waals surface area contributed by atoms with E-state index in [-0.39, 0.29) is 0 Å². The molecule has 0 aromatic rings. The van der Waals surface area contributed by atoms with Crippen molar-refractivity contribution < 1.29 is 70.1 Å². The highest BCUT2D eigenvalue weighted by molar-refractivity contribution is 5.75. The summed E-state index contributed by atoms with van der Waals surface area (Å²) in [7, 11) is 0. The molecule has 0 aliphatic carbocycles. The van der Waals surface area contributed by atoms with Crippen molar-refractivity contribution >= 4 is 5.97 Å². The second-order valence-electron chi connectivity index (χ2n) is 7.02. The van der Waals surface area contributed by atoms with Gasteiger partial charge >= 0.3 is 5.97 Å². The Morgan fingerprint density at radius 3 is 2.24 bits per heavy atom. The van der Waals surface area contributed by atoms with E-state index in [0.29, 0.717) is 0 Å². The van der Waals surface area contributed by atoms with Crippen LogP contribution in [0, 0.1) is 0 Å². The quantitative estimate of drug-likeness (QED) is 0.180. The molecule has 29 heavy (non-hydrogen) atoms. The van der Waals surface area contributed by atoms with Crippen LogP contribution in [0.1, 0.15) is 6.42 Å². The Balaban J connectivity index is 2.00. The highest BCUT2D eigenvalue weighted by atomic mass is 16.7. The Morgan fingerprint density at radius 2 is 1.69 bits per heavy atom. The summed E-state index contributed by atoms with van der Waals surface area (Å²) in [6.45, 7) is -1.53. The molecule has 2 rings (SSSR count). The van der Waals surface area contributed by atoms with Crippen LogP contribution >= 0.6 is 0 Å². The van der Waals surface area contributed by atoms with Crippen LogP contribution in [0.15, 0.2) is 0 Å². The number of carboxylic acid groups (broad SMARTS) is 1. The second-order valence-corrected chi connectivity index (χ2v) is 7.02. The molecule has 2 saturated heterocycles. The van der Waals surface area contributed by atoms with Crippen LogP contribution in [-0.4, -0.2) is 137 Å². The fourth-order valence-electron chi connectivity index (χ4n) is 3.09. The van der Waals surface area contributed by atoms with E-state index in [9.17, 15) is 45.6 Å². The van der Waals surface area contributed by atoms with Crippen molar-refractivity contribution in [3.63, 3.8) is 0 Å². The number of carboxylic acids is 1. The number of aliphatic hydroxyl groups excluding tert-OH is 8. The summed E-state index contributed by atoms with van der Waals surface area (Å²) in [6, 6.07) is 0. The van der Waals surface area contributed by atoms with Crippen LogP contribution in [0.5, 0.6) is 0 Å². The molecule has 2 aliphatic heterocycles. The number of carbonyl (C=O) groups is 1. The van der Waals surface area contributed by atoms with Crippen molar-refractivity contribution in [3.05, 3.63) is 0 Å². The van der Waals surface area contributed by atoms with Crippen LogP contribution in [-0.2, 0) is 19.0 Å². The third kappa shape index (κ3) is 5.01. The van der Waals surface area contributed by atoms with Gasteiger partial charge in [-0.25, -0.2) is 4.79 Å². The summed E-state index contributed by atoms with van der Waals surface area (Å²) in [4.78, 5) is 11.1. The zero-order valence-electron chi connectivity index (χ0n) is 15.0. The zero-order chi connectivity index (χ0) is 22.1. The van der Waals surface area contributed by atoms with E-state index in [4.69, 9.17) is 24.4 Å². The summed E-state index contributed by atoms with van der Waals surface area (Å²) >= 11 is 0. The van der Waals surface area contributed by atoms with Crippen LogP contribution in [0.4, 0.5) is 0 Å². The van der Waals surface area contributed by atoms with E-state index in [0.717, 1.165) is 0 Å². The van der Waals surface area contributed by atoms with Gasteiger partial charge in [-0.2, -0.15) is 0 Å². The summed E-state index contributed by atoms with van der Waals surface area (Å²) < 4.78 is 14.9. The minimum Gasteiger partial charge on any atom is -0.477 e. The molecule has 0 spiro atoms. The number of aliphatic carboxylic acids is 1. The highest BCUT2D eigenvalue weighted by Gasteiger charge is 2.53. The van der Waals surface area contributed by atoms with Crippen molar-refractivity contribution in [2.75, 3.05) is 13.2 Å². The predicted molar refractivity (Wildman–Crippen MR) is 85.8 cm³/mol. The van der Waals surface area contributed by atoms with Gasteiger partial charge in [0.05, 0.1) is 19.3 Å². The van der Waals surface area contributed by atoms with Gasteiger partial charge in [0, 0.05) is 6.42 Å². The molecule has 170 valence electrons. The number of hydrogen-bond donors (Lipinski definition) is 10. The Morgan fingerprint density at radius 1 is 1.07 bits per heavy atom. The predicted octanol–water partition coefficient (Wildman–Crippen LogP) is -6.19. The SMILES string of the molecule is O=C(O)[C@]1(O)C[C@H](O)[C@@H](O)[C@H]([C@H](O)[C@H](O)CO[C@H]2O[C@H](CO)[C@H](O)[C@H](O)[C@H]2O)O1. The lowest BCUT2D eigenvalue weighted by molar-refractivity contribution is -0.321. The third-order valence-corrected chi connectivity index (χ3v) is 4.89. The number of aliphatic hydroxyl groups is 9. The van der Waals surface area contributed by atoms with Gasteiger partial charge in [0.2, 0.25) is 0 Å². The van der Waals surface area contributed by atoms with Gasteiger partial charge in [-0.3, -0.25) is 0 Å². The van der Waals surface area contributed by atoms with E-state index in [1.807, 2.05) is 0 Å². The Bertz CT molecular complexity index is 559. The molecule has 10 N–H and O–H groups in total. The first-order valence-corrected chi connectivity index (χ1v) is 8.71. The zero-order valence-corrected chi connectivity index (χ0v) is 15.0. The normalized spacial score (nSPS) is 45.6.